The zero-order valence-corrected chi connectivity index (χ0v) is 12.1. The number of nitrogens with two attached hydrogens (primary N) is 1. The fourth-order valence-electron chi connectivity index (χ4n) is 1.83. The molecule has 5 nitrogen and oxygen atoms in total. The number of H-pyrrole nitrogens is 2. The van der Waals surface area contributed by atoms with E-state index in [4.69, 9.17) is 5.73 Å². The standard InChI is InChI=1S/C16H19N5/c1-5-13(17)16-11(4)19-15(21-16)8-14-18-9-12(20-14)7-6-10(2)3/h5-7,9H,1-2,4,8,17H2,3H3,(H,18,20)(H,19,21)/b7-6-,16-13-. The van der Waals surface area contributed by atoms with Gasteiger partial charge in [0.15, 0.2) is 0 Å². The molecule has 0 fully saturated rings. The van der Waals surface area contributed by atoms with Crippen molar-refractivity contribution in [1.29, 1.82) is 0 Å². The van der Waals surface area contributed by atoms with Gasteiger partial charge < -0.3 is 15.7 Å². The largest absolute Gasteiger partial charge is 0.397 e. The summed E-state index contributed by atoms with van der Waals surface area (Å²) in [5, 5.41) is 1.31. The second-order valence-corrected chi connectivity index (χ2v) is 4.81. The van der Waals surface area contributed by atoms with E-state index in [1.54, 1.807) is 12.3 Å². The van der Waals surface area contributed by atoms with Crippen LogP contribution in [0, 0.1) is 0 Å². The number of rotatable bonds is 5. The third-order valence-corrected chi connectivity index (χ3v) is 2.85. The molecule has 2 rings (SSSR count). The van der Waals surface area contributed by atoms with Crippen molar-refractivity contribution < 1.29 is 0 Å². The molecule has 108 valence electrons. The Morgan fingerprint density at radius 2 is 2.14 bits per heavy atom. The highest BCUT2D eigenvalue weighted by molar-refractivity contribution is 5.50. The highest BCUT2D eigenvalue weighted by atomic mass is 15.0. The Morgan fingerprint density at radius 1 is 1.38 bits per heavy atom. The SMILES string of the molecule is C=C/C(N)=c1/nc(Cc2ncc(/C=C\C(=C)C)[nH]2)[nH]c1=C. The summed E-state index contributed by atoms with van der Waals surface area (Å²) >= 11 is 0. The summed E-state index contributed by atoms with van der Waals surface area (Å²) in [4.78, 5) is 15.1. The van der Waals surface area contributed by atoms with E-state index in [1.165, 1.54) is 0 Å². The maximum absolute atomic E-state index is 5.81. The Morgan fingerprint density at radius 3 is 2.81 bits per heavy atom. The van der Waals surface area contributed by atoms with Crippen LogP contribution in [-0.4, -0.2) is 19.9 Å². The van der Waals surface area contributed by atoms with Crippen molar-refractivity contribution in [3.05, 3.63) is 65.1 Å². The van der Waals surface area contributed by atoms with E-state index >= 15 is 0 Å². The van der Waals surface area contributed by atoms with Crippen molar-refractivity contribution in [1.82, 2.24) is 19.9 Å². The molecule has 0 radical (unpaired) electrons. The molecule has 0 unspecified atom stereocenters. The number of hydrogen-bond acceptors (Lipinski definition) is 3. The van der Waals surface area contributed by atoms with E-state index in [-0.39, 0.29) is 0 Å². The summed E-state index contributed by atoms with van der Waals surface area (Å²) in [6, 6.07) is 0. The molecule has 0 aromatic carbocycles. The fourth-order valence-corrected chi connectivity index (χ4v) is 1.83. The first kappa shape index (κ1) is 14.6. The third kappa shape index (κ3) is 3.60. The lowest BCUT2D eigenvalue weighted by atomic mass is 10.3. The van der Waals surface area contributed by atoms with Crippen molar-refractivity contribution in [3.8, 4) is 0 Å². The summed E-state index contributed by atoms with van der Waals surface area (Å²) in [5.74, 6) is 1.57. The normalized spacial score (nSPS) is 12.6. The summed E-state index contributed by atoms with van der Waals surface area (Å²) in [6.45, 7) is 13.3. The summed E-state index contributed by atoms with van der Waals surface area (Å²) in [6.07, 6.45) is 7.74. The first-order chi connectivity index (χ1) is 9.99. The number of nitrogens with one attached hydrogen (secondary N) is 2. The van der Waals surface area contributed by atoms with Gasteiger partial charge in [-0.15, -0.1) is 0 Å². The first-order valence-corrected chi connectivity index (χ1v) is 6.53. The van der Waals surface area contributed by atoms with Crippen LogP contribution in [0.25, 0.3) is 18.4 Å². The van der Waals surface area contributed by atoms with Crippen LogP contribution in [0.5, 0.6) is 0 Å². The average molecular weight is 281 g/mol. The third-order valence-electron chi connectivity index (χ3n) is 2.85. The van der Waals surface area contributed by atoms with Crippen LogP contribution in [-0.2, 0) is 6.42 Å². The molecular formula is C16H19N5. The van der Waals surface area contributed by atoms with Crippen LogP contribution < -0.4 is 16.4 Å². The molecule has 5 heteroatoms. The van der Waals surface area contributed by atoms with Crippen LogP contribution in [0.3, 0.4) is 0 Å². The van der Waals surface area contributed by atoms with E-state index in [0.29, 0.717) is 22.8 Å². The van der Waals surface area contributed by atoms with Gasteiger partial charge in [-0.3, -0.25) is 0 Å². The molecule has 0 bridgehead atoms. The quantitative estimate of drug-likeness (QED) is 0.714. The predicted molar refractivity (Wildman–Crippen MR) is 86.4 cm³/mol. The van der Waals surface area contributed by atoms with E-state index in [0.717, 1.165) is 22.9 Å². The fraction of sp³-hybridized carbons (Fsp3) is 0.125. The maximum Gasteiger partial charge on any atom is 0.114 e. The van der Waals surface area contributed by atoms with Crippen LogP contribution in [0.4, 0.5) is 0 Å². The molecular weight excluding hydrogens is 262 g/mol. The Balaban J connectivity index is 2.22. The molecule has 2 heterocycles. The topological polar surface area (TPSA) is 83.4 Å². The van der Waals surface area contributed by atoms with Crippen LogP contribution in [0.2, 0.25) is 0 Å². The van der Waals surface area contributed by atoms with Crippen molar-refractivity contribution in [2.45, 2.75) is 13.3 Å². The number of imidazole rings is 2. The molecule has 0 atom stereocenters. The Kier molecular flexibility index (Phi) is 4.23. The Hall–Kier alpha value is -2.82. The summed E-state index contributed by atoms with van der Waals surface area (Å²) < 4.78 is 0. The molecule has 0 aliphatic heterocycles. The van der Waals surface area contributed by atoms with Crippen LogP contribution >= 0.6 is 0 Å². The van der Waals surface area contributed by atoms with Gasteiger partial charge in [0.25, 0.3) is 0 Å². The van der Waals surface area contributed by atoms with Crippen molar-refractivity contribution in [3.63, 3.8) is 0 Å². The van der Waals surface area contributed by atoms with Gasteiger partial charge in [0.2, 0.25) is 0 Å². The van der Waals surface area contributed by atoms with Crippen molar-refractivity contribution in [2.75, 3.05) is 0 Å². The lowest BCUT2D eigenvalue weighted by Crippen LogP contribution is -2.27. The molecule has 0 spiro atoms. The van der Waals surface area contributed by atoms with Gasteiger partial charge in [-0.25, -0.2) is 9.97 Å². The summed E-state index contributed by atoms with van der Waals surface area (Å²) in [7, 11) is 0. The molecule has 0 aliphatic carbocycles. The van der Waals surface area contributed by atoms with Gasteiger partial charge >= 0.3 is 0 Å². The van der Waals surface area contributed by atoms with E-state index < -0.39 is 0 Å². The van der Waals surface area contributed by atoms with E-state index in [9.17, 15) is 0 Å². The first-order valence-electron chi connectivity index (χ1n) is 6.53. The lowest BCUT2D eigenvalue weighted by molar-refractivity contribution is 0.939. The smallest absolute Gasteiger partial charge is 0.114 e. The average Bonchev–Trinajstić information content (AvgIpc) is 3.03. The molecule has 21 heavy (non-hydrogen) atoms. The number of aromatic amines is 2. The molecule has 0 amide bonds. The number of allylic oxidation sites excluding steroid dienone is 2. The van der Waals surface area contributed by atoms with Crippen molar-refractivity contribution in [2.24, 2.45) is 5.73 Å². The molecule has 2 aromatic heterocycles. The Labute approximate surface area is 123 Å². The zero-order chi connectivity index (χ0) is 15.4. The lowest BCUT2D eigenvalue weighted by Gasteiger charge is -1.92. The van der Waals surface area contributed by atoms with E-state index in [1.807, 2.05) is 19.1 Å². The predicted octanol–water partition coefficient (Wildman–Crippen LogP) is 0.976. The number of hydrogen-bond donors (Lipinski definition) is 3. The Bertz CT molecular complexity index is 804. The van der Waals surface area contributed by atoms with Gasteiger partial charge in [0, 0.05) is 0 Å². The van der Waals surface area contributed by atoms with Gasteiger partial charge in [-0.1, -0.05) is 31.4 Å². The van der Waals surface area contributed by atoms with Gasteiger partial charge in [0.1, 0.15) is 17.0 Å². The zero-order valence-electron chi connectivity index (χ0n) is 12.1. The maximum atomic E-state index is 5.81. The monoisotopic (exact) mass is 281 g/mol. The molecule has 4 N–H and O–H groups in total. The summed E-state index contributed by atoms with van der Waals surface area (Å²) in [5.41, 5.74) is 8.22. The number of nitrogens with zero attached hydrogens (tertiary/aromatic N) is 2. The molecule has 2 aromatic rings. The van der Waals surface area contributed by atoms with Gasteiger partial charge in [0.05, 0.1) is 29.4 Å². The molecule has 0 saturated carbocycles. The second-order valence-electron chi connectivity index (χ2n) is 4.81. The minimum atomic E-state index is 0.507. The van der Waals surface area contributed by atoms with Gasteiger partial charge in [-0.2, -0.15) is 0 Å². The van der Waals surface area contributed by atoms with E-state index in [2.05, 4.69) is 39.7 Å². The van der Waals surface area contributed by atoms with Crippen LogP contribution in [0.15, 0.2) is 37.1 Å². The van der Waals surface area contributed by atoms with Gasteiger partial charge in [-0.05, 0) is 19.1 Å². The minimum absolute atomic E-state index is 0.507. The molecule has 0 aliphatic rings. The molecule has 0 saturated heterocycles. The minimum Gasteiger partial charge on any atom is -0.397 e. The second kappa shape index (κ2) is 6.09. The highest BCUT2D eigenvalue weighted by Crippen LogP contribution is 2.04. The highest BCUT2D eigenvalue weighted by Gasteiger charge is 2.04. The van der Waals surface area contributed by atoms with Crippen LogP contribution in [0.1, 0.15) is 24.3 Å². The number of aromatic nitrogens is 4. The van der Waals surface area contributed by atoms with Crippen molar-refractivity contribution >= 4 is 18.4 Å².